The topological polar surface area (TPSA) is 121 Å². The summed E-state index contributed by atoms with van der Waals surface area (Å²) < 4.78 is 20.0. The van der Waals surface area contributed by atoms with Gasteiger partial charge in [-0.1, -0.05) is 12.1 Å². The van der Waals surface area contributed by atoms with Gasteiger partial charge in [0.15, 0.2) is 0 Å². The smallest absolute Gasteiger partial charge is 0.338 e. The third-order valence-electron chi connectivity index (χ3n) is 3.84. The van der Waals surface area contributed by atoms with Crippen LogP contribution in [0.1, 0.15) is 21.8 Å². The lowest BCUT2D eigenvalue weighted by atomic mass is 9.82. The molecule has 1 aliphatic heterocycles. The molecule has 0 aliphatic carbocycles. The van der Waals surface area contributed by atoms with E-state index in [0.717, 1.165) is 0 Å². The first-order valence-corrected chi connectivity index (χ1v) is 7.54. The standard InChI is InChI=1S/C18H18N2O6/c1-23-9-13-15(18(22)25-3)14(12(8-19)16(20)26-13)10-4-6-11(7-5-10)17(21)24-2/h4-7,14H,9,20H2,1-3H3/t14-/m1/s1. The number of hydrogen-bond donors (Lipinski definition) is 1. The summed E-state index contributed by atoms with van der Waals surface area (Å²) in [7, 11) is 3.94. The molecule has 0 saturated carbocycles. The number of carbonyl (C=O) groups is 2. The molecule has 0 aromatic heterocycles. The van der Waals surface area contributed by atoms with Crippen molar-refractivity contribution in [2.24, 2.45) is 5.73 Å². The summed E-state index contributed by atoms with van der Waals surface area (Å²) in [6.45, 7) is -0.0272. The second-order valence-corrected chi connectivity index (χ2v) is 5.30. The van der Waals surface area contributed by atoms with E-state index in [1.807, 2.05) is 6.07 Å². The first kappa shape index (κ1) is 19.0. The maximum absolute atomic E-state index is 12.4. The van der Waals surface area contributed by atoms with Crippen LogP contribution in [0.3, 0.4) is 0 Å². The highest BCUT2D eigenvalue weighted by Crippen LogP contribution is 2.39. The summed E-state index contributed by atoms with van der Waals surface area (Å²) in [4.78, 5) is 24.0. The highest BCUT2D eigenvalue weighted by atomic mass is 16.5. The van der Waals surface area contributed by atoms with E-state index >= 15 is 0 Å². The molecule has 1 aromatic carbocycles. The summed E-state index contributed by atoms with van der Waals surface area (Å²) in [5, 5.41) is 9.51. The molecule has 1 aromatic rings. The Labute approximate surface area is 150 Å². The average Bonchev–Trinajstić information content (AvgIpc) is 2.66. The molecule has 1 heterocycles. The third kappa shape index (κ3) is 3.53. The molecule has 136 valence electrons. The molecule has 0 radical (unpaired) electrons. The second-order valence-electron chi connectivity index (χ2n) is 5.30. The number of nitrogens with zero attached hydrogens (tertiary/aromatic N) is 1. The van der Waals surface area contributed by atoms with Gasteiger partial charge >= 0.3 is 11.9 Å². The molecule has 0 unspecified atom stereocenters. The largest absolute Gasteiger partial charge is 0.466 e. The molecular formula is C18H18N2O6. The fraction of sp³-hybridized carbons (Fsp3) is 0.278. The van der Waals surface area contributed by atoms with E-state index < -0.39 is 17.9 Å². The molecule has 8 nitrogen and oxygen atoms in total. The minimum Gasteiger partial charge on any atom is -0.466 e. The molecule has 26 heavy (non-hydrogen) atoms. The van der Waals surface area contributed by atoms with Gasteiger partial charge in [-0.05, 0) is 17.7 Å². The molecule has 0 spiro atoms. The van der Waals surface area contributed by atoms with Gasteiger partial charge in [0, 0.05) is 7.11 Å². The van der Waals surface area contributed by atoms with Crippen LogP contribution in [-0.2, 0) is 23.7 Å². The van der Waals surface area contributed by atoms with Gasteiger partial charge in [-0.25, -0.2) is 9.59 Å². The number of hydrogen-bond acceptors (Lipinski definition) is 8. The average molecular weight is 358 g/mol. The van der Waals surface area contributed by atoms with Crippen LogP contribution in [0.2, 0.25) is 0 Å². The zero-order chi connectivity index (χ0) is 19.3. The van der Waals surface area contributed by atoms with Gasteiger partial charge in [0.05, 0.1) is 31.3 Å². The van der Waals surface area contributed by atoms with Crippen LogP contribution in [-0.4, -0.2) is 39.9 Å². The van der Waals surface area contributed by atoms with Gasteiger partial charge in [-0.15, -0.1) is 0 Å². The van der Waals surface area contributed by atoms with E-state index in [9.17, 15) is 14.9 Å². The van der Waals surface area contributed by atoms with Crippen molar-refractivity contribution in [1.29, 1.82) is 5.26 Å². The van der Waals surface area contributed by atoms with Gasteiger partial charge < -0.3 is 24.7 Å². The van der Waals surface area contributed by atoms with Gasteiger partial charge in [0.2, 0.25) is 5.88 Å². The predicted molar refractivity (Wildman–Crippen MR) is 89.4 cm³/mol. The molecule has 1 aliphatic rings. The summed E-state index contributed by atoms with van der Waals surface area (Å²) >= 11 is 0. The molecule has 0 bridgehead atoms. The van der Waals surface area contributed by atoms with Crippen LogP contribution < -0.4 is 5.73 Å². The Morgan fingerprint density at radius 2 is 1.77 bits per heavy atom. The number of ether oxygens (including phenoxy) is 4. The van der Waals surface area contributed by atoms with Gasteiger partial charge in [-0.3, -0.25) is 0 Å². The van der Waals surface area contributed by atoms with Gasteiger partial charge in [-0.2, -0.15) is 5.26 Å². The number of carbonyl (C=O) groups excluding carboxylic acids is 2. The van der Waals surface area contributed by atoms with Crippen LogP contribution in [0.5, 0.6) is 0 Å². The number of rotatable bonds is 5. The van der Waals surface area contributed by atoms with Crippen LogP contribution in [0, 0.1) is 11.3 Å². The maximum atomic E-state index is 12.4. The van der Waals surface area contributed by atoms with E-state index in [1.54, 1.807) is 12.1 Å². The van der Waals surface area contributed by atoms with Crippen molar-refractivity contribution < 1.29 is 28.5 Å². The molecule has 0 saturated heterocycles. The Hall–Kier alpha value is -3.31. The third-order valence-corrected chi connectivity index (χ3v) is 3.84. The van der Waals surface area contributed by atoms with E-state index in [0.29, 0.717) is 11.1 Å². The van der Waals surface area contributed by atoms with Crippen LogP contribution in [0.4, 0.5) is 0 Å². The van der Waals surface area contributed by atoms with Crippen molar-refractivity contribution in [1.82, 2.24) is 0 Å². The Morgan fingerprint density at radius 3 is 2.27 bits per heavy atom. The number of nitriles is 1. The zero-order valence-corrected chi connectivity index (χ0v) is 14.6. The lowest BCUT2D eigenvalue weighted by Crippen LogP contribution is -2.27. The van der Waals surface area contributed by atoms with Crippen LogP contribution in [0.25, 0.3) is 0 Å². The SMILES string of the molecule is COCC1=C(C(=O)OC)[C@H](c2ccc(C(=O)OC)cc2)C(C#N)=C(N)O1. The second kappa shape index (κ2) is 8.18. The van der Waals surface area contributed by atoms with E-state index in [2.05, 4.69) is 4.74 Å². The van der Waals surface area contributed by atoms with Crippen molar-refractivity contribution >= 4 is 11.9 Å². The maximum Gasteiger partial charge on any atom is 0.338 e. The highest BCUT2D eigenvalue weighted by Gasteiger charge is 2.37. The van der Waals surface area contributed by atoms with Crippen molar-refractivity contribution in [2.45, 2.75) is 5.92 Å². The molecule has 8 heteroatoms. The molecule has 2 rings (SSSR count). The van der Waals surface area contributed by atoms with Crippen molar-refractivity contribution in [3.8, 4) is 6.07 Å². The lowest BCUT2D eigenvalue weighted by Gasteiger charge is -2.27. The molecule has 1 atom stereocenters. The fourth-order valence-electron chi connectivity index (χ4n) is 2.65. The Kier molecular flexibility index (Phi) is 5.98. The van der Waals surface area contributed by atoms with E-state index in [1.165, 1.54) is 33.5 Å². The van der Waals surface area contributed by atoms with E-state index in [-0.39, 0.29) is 29.4 Å². The number of esters is 2. The normalized spacial score (nSPS) is 16.6. The van der Waals surface area contributed by atoms with Crippen molar-refractivity contribution in [3.05, 3.63) is 58.2 Å². The van der Waals surface area contributed by atoms with E-state index in [4.69, 9.17) is 19.9 Å². The number of benzene rings is 1. The first-order chi connectivity index (χ1) is 12.5. The van der Waals surface area contributed by atoms with Crippen molar-refractivity contribution in [3.63, 3.8) is 0 Å². The molecule has 0 amide bonds. The van der Waals surface area contributed by atoms with Gasteiger partial charge in [0.1, 0.15) is 24.0 Å². The monoisotopic (exact) mass is 358 g/mol. The highest BCUT2D eigenvalue weighted by molar-refractivity contribution is 5.93. The minimum absolute atomic E-state index is 0.0272. The summed E-state index contributed by atoms with van der Waals surface area (Å²) in [5.41, 5.74) is 6.94. The zero-order valence-electron chi connectivity index (χ0n) is 14.6. The van der Waals surface area contributed by atoms with Gasteiger partial charge in [0.25, 0.3) is 0 Å². The van der Waals surface area contributed by atoms with Crippen LogP contribution >= 0.6 is 0 Å². The number of allylic oxidation sites excluding steroid dienone is 1. The summed E-state index contributed by atoms with van der Waals surface area (Å²) in [6.07, 6.45) is 0. The molecule has 0 fully saturated rings. The Morgan fingerprint density at radius 1 is 1.15 bits per heavy atom. The Balaban J connectivity index is 2.61. The number of nitrogens with two attached hydrogens (primary N) is 1. The molecule has 2 N–H and O–H groups in total. The first-order valence-electron chi connectivity index (χ1n) is 7.54. The lowest BCUT2D eigenvalue weighted by molar-refractivity contribution is -0.136. The number of methoxy groups -OCH3 is 3. The minimum atomic E-state index is -0.807. The van der Waals surface area contributed by atoms with Crippen molar-refractivity contribution in [2.75, 3.05) is 27.9 Å². The summed E-state index contributed by atoms with van der Waals surface area (Å²) in [6, 6.07) is 8.27. The molecular weight excluding hydrogens is 340 g/mol. The fourth-order valence-corrected chi connectivity index (χ4v) is 2.65. The predicted octanol–water partition coefficient (Wildman–Crippen LogP) is 1.35. The quantitative estimate of drug-likeness (QED) is 0.783. The van der Waals surface area contributed by atoms with Crippen LogP contribution in [0.15, 0.2) is 47.1 Å². The Bertz CT molecular complexity index is 817. The summed E-state index contributed by atoms with van der Waals surface area (Å²) in [5.74, 6) is -1.92.